The molecule has 9 rings (SSSR count). The molecule has 3 aliphatic rings. The molecule has 1 N–H and O–H groups in total. The molecular formula is C80H107N5O4. The number of benzene rings is 3. The Morgan fingerprint density at radius 1 is 0.517 bits per heavy atom. The first-order valence-electron chi connectivity index (χ1n) is 33.4. The molecule has 0 spiro atoms. The second-order valence-corrected chi connectivity index (χ2v) is 27.7. The number of carbonyl (C=O) groups is 2. The Morgan fingerprint density at radius 2 is 0.978 bits per heavy atom. The van der Waals surface area contributed by atoms with Gasteiger partial charge in [0.25, 0.3) is 11.1 Å². The maximum Gasteiger partial charge on any atom is 0.258 e. The van der Waals surface area contributed by atoms with Gasteiger partial charge in [0.15, 0.2) is 0 Å². The fourth-order valence-electron chi connectivity index (χ4n) is 12.3. The van der Waals surface area contributed by atoms with Gasteiger partial charge in [-0.05, 0) is 180 Å². The smallest absolute Gasteiger partial charge is 0.258 e. The van der Waals surface area contributed by atoms with Gasteiger partial charge in [0, 0.05) is 53.3 Å². The van der Waals surface area contributed by atoms with E-state index in [1.165, 1.54) is 24.0 Å². The van der Waals surface area contributed by atoms with Crippen molar-refractivity contribution in [1.29, 1.82) is 0 Å². The number of amides is 2. The molecule has 4 heterocycles. The number of nitrogens with one attached hydrogen (secondary N) is 1. The fourth-order valence-corrected chi connectivity index (χ4v) is 12.3. The molecule has 2 saturated carbocycles. The summed E-state index contributed by atoms with van der Waals surface area (Å²) in [5, 5.41) is 3.02. The van der Waals surface area contributed by atoms with Crippen molar-refractivity contribution in [3.8, 4) is 11.4 Å². The van der Waals surface area contributed by atoms with Gasteiger partial charge < -0.3 is 10.2 Å². The average molecular weight is 1200 g/mol. The molecule has 2 aliphatic carbocycles. The van der Waals surface area contributed by atoms with Crippen molar-refractivity contribution >= 4 is 47.6 Å². The van der Waals surface area contributed by atoms with E-state index >= 15 is 0 Å². The highest BCUT2D eigenvalue weighted by Gasteiger charge is 2.47. The van der Waals surface area contributed by atoms with E-state index in [0.29, 0.717) is 47.2 Å². The Morgan fingerprint density at radius 3 is 1.44 bits per heavy atom. The largest absolute Gasteiger partial charge is 0.311 e. The number of fused-ring (bicyclic) bond motifs is 1. The van der Waals surface area contributed by atoms with E-state index in [0.717, 1.165) is 102 Å². The number of aryl methyl sites for hydroxylation is 1. The number of nitrogens with zero attached hydrogens (tertiary/aromatic N) is 4. The Balaban J connectivity index is 0.000000189. The minimum Gasteiger partial charge on any atom is -0.311 e. The van der Waals surface area contributed by atoms with E-state index in [4.69, 9.17) is 0 Å². The molecule has 3 aromatic heterocycles. The molecule has 0 radical (unpaired) electrons. The molecule has 6 aromatic rings. The standard InChI is InChI=1S/C22H31NO.C20H25NO.C19H28N2O.C19H23NO/c1-16(2)7-8-18-9-10-20-19(15-18)11-14-23(20)21(24)22(17(3)4)12-5-6-13-22;1-14(2)6-7-17-8-10-18(11-9-17)21-13-12-16(5)19(15(3)4)20(21)22;1-14(2)7-8-16-9-10-17(20-13-16)21-18(22)19(15(3)4)11-5-6-12-19;1-14(2)7-8-16-9-11-17(12-10-16)20-13-5-6-18(15(3)4)19(20)21/h7-10,15-17H,5-6,11-14H2,1-4H3;6-15H,1-5H3;7-10,13-15H,5-6,11-12H2,1-4H3,(H,20,21,22);5-15H,1-4H3/b8-7+;7-6+;2*8-7+. The third-order valence-corrected chi connectivity index (χ3v) is 17.9. The summed E-state index contributed by atoms with van der Waals surface area (Å²) in [6.45, 7) is 37.1. The number of hydrogen-bond donors (Lipinski definition) is 1. The molecule has 476 valence electrons. The molecule has 2 fully saturated rings. The van der Waals surface area contributed by atoms with Crippen LogP contribution in [0.5, 0.6) is 0 Å². The quantitative estimate of drug-likeness (QED) is 0.0979. The first-order chi connectivity index (χ1) is 42.3. The number of pyridine rings is 3. The molecule has 2 amide bonds. The van der Waals surface area contributed by atoms with Crippen molar-refractivity contribution in [3.05, 3.63) is 205 Å². The monoisotopic (exact) mass is 1200 g/mol. The van der Waals surface area contributed by atoms with E-state index < -0.39 is 0 Å². The van der Waals surface area contributed by atoms with E-state index in [1.54, 1.807) is 9.13 Å². The number of rotatable bonds is 17. The Kier molecular flexibility index (Phi) is 26.1. The number of carbonyl (C=O) groups excluding carboxylic acids is 2. The van der Waals surface area contributed by atoms with Gasteiger partial charge in [-0.25, -0.2) is 4.98 Å². The average Bonchev–Trinajstić information content (AvgIpc) is 1.73. The molecule has 89 heavy (non-hydrogen) atoms. The van der Waals surface area contributed by atoms with Crippen LogP contribution in [0.3, 0.4) is 0 Å². The predicted molar refractivity (Wildman–Crippen MR) is 379 cm³/mol. The lowest BCUT2D eigenvalue weighted by molar-refractivity contribution is -0.130. The lowest BCUT2D eigenvalue weighted by Crippen LogP contribution is -2.45. The molecule has 0 atom stereocenters. The summed E-state index contributed by atoms with van der Waals surface area (Å²) in [7, 11) is 0. The van der Waals surface area contributed by atoms with Crippen LogP contribution in [-0.2, 0) is 16.0 Å². The number of hydrogen-bond acceptors (Lipinski definition) is 5. The zero-order valence-electron chi connectivity index (χ0n) is 57.2. The molecule has 3 aromatic carbocycles. The minimum absolute atomic E-state index is 0.0676. The molecule has 1 aliphatic heterocycles. The van der Waals surface area contributed by atoms with Crippen molar-refractivity contribution in [2.45, 2.75) is 187 Å². The van der Waals surface area contributed by atoms with Gasteiger partial charge in [0.05, 0.1) is 10.8 Å². The van der Waals surface area contributed by atoms with Gasteiger partial charge in [-0.15, -0.1) is 0 Å². The molecular weight excluding hydrogens is 1090 g/mol. The number of aromatic nitrogens is 3. The lowest BCUT2D eigenvalue weighted by atomic mass is 9.74. The highest BCUT2D eigenvalue weighted by Crippen LogP contribution is 2.48. The van der Waals surface area contributed by atoms with Crippen LogP contribution in [0.4, 0.5) is 11.5 Å². The van der Waals surface area contributed by atoms with E-state index in [-0.39, 0.29) is 39.7 Å². The number of anilines is 2. The zero-order valence-corrected chi connectivity index (χ0v) is 57.2. The second kappa shape index (κ2) is 32.9. The molecule has 0 unspecified atom stereocenters. The van der Waals surface area contributed by atoms with Crippen molar-refractivity contribution < 1.29 is 9.59 Å². The van der Waals surface area contributed by atoms with Gasteiger partial charge in [0.1, 0.15) is 5.82 Å². The summed E-state index contributed by atoms with van der Waals surface area (Å²) >= 11 is 0. The van der Waals surface area contributed by atoms with Gasteiger partial charge in [-0.1, -0.05) is 221 Å². The van der Waals surface area contributed by atoms with Crippen molar-refractivity contribution in [2.24, 2.45) is 46.3 Å². The normalized spacial score (nSPS) is 15.3. The van der Waals surface area contributed by atoms with Crippen LogP contribution in [0.1, 0.15) is 218 Å². The summed E-state index contributed by atoms with van der Waals surface area (Å²) in [4.78, 5) is 57.7. The number of allylic oxidation sites excluding steroid dienone is 4. The third-order valence-electron chi connectivity index (χ3n) is 17.9. The van der Waals surface area contributed by atoms with Crippen molar-refractivity contribution in [3.63, 3.8) is 0 Å². The van der Waals surface area contributed by atoms with Crippen LogP contribution >= 0.6 is 0 Å². The Bertz CT molecular complexity index is 3480. The Hall–Kier alpha value is -7.39. The first kappa shape index (κ1) is 70.7. The first-order valence-corrected chi connectivity index (χ1v) is 33.4. The molecule has 0 saturated heterocycles. The highest BCUT2D eigenvalue weighted by atomic mass is 16.2. The summed E-state index contributed by atoms with van der Waals surface area (Å²) in [6.07, 6.45) is 32.5. The maximum atomic E-state index is 13.4. The minimum atomic E-state index is -0.210. The second-order valence-electron chi connectivity index (χ2n) is 27.7. The molecule has 0 bridgehead atoms. The lowest BCUT2D eigenvalue weighted by Gasteiger charge is -2.36. The van der Waals surface area contributed by atoms with Crippen LogP contribution in [0.15, 0.2) is 150 Å². The van der Waals surface area contributed by atoms with Crippen LogP contribution < -0.4 is 21.3 Å². The summed E-state index contributed by atoms with van der Waals surface area (Å²) in [5.74, 6) is 4.57. The van der Waals surface area contributed by atoms with Gasteiger partial charge in [0.2, 0.25) is 11.8 Å². The van der Waals surface area contributed by atoms with Gasteiger partial charge in [-0.3, -0.25) is 28.3 Å². The zero-order chi connectivity index (χ0) is 65.2. The van der Waals surface area contributed by atoms with Crippen LogP contribution in [0.25, 0.3) is 35.7 Å². The topological polar surface area (TPSA) is 106 Å². The maximum absolute atomic E-state index is 13.4. The molecule has 9 heteroatoms. The molecule has 9 nitrogen and oxygen atoms in total. The van der Waals surface area contributed by atoms with E-state index in [1.807, 2.05) is 106 Å². The van der Waals surface area contributed by atoms with Crippen LogP contribution in [0, 0.1) is 53.3 Å². The van der Waals surface area contributed by atoms with Gasteiger partial charge >= 0.3 is 0 Å². The fraction of sp³-hybridized carbons (Fsp3) is 0.463. The van der Waals surface area contributed by atoms with Gasteiger partial charge in [-0.2, -0.15) is 0 Å². The van der Waals surface area contributed by atoms with E-state index in [9.17, 15) is 19.2 Å². The van der Waals surface area contributed by atoms with E-state index in [2.05, 4.69) is 191 Å². The third kappa shape index (κ3) is 19.1. The van der Waals surface area contributed by atoms with Crippen molar-refractivity contribution in [2.75, 3.05) is 16.8 Å². The highest BCUT2D eigenvalue weighted by molar-refractivity contribution is 6.00. The predicted octanol–water partition coefficient (Wildman–Crippen LogP) is 19.9. The van der Waals surface area contributed by atoms with Crippen LogP contribution in [-0.4, -0.2) is 32.5 Å². The summed E-state index contributed by atoms with van der Waals surface area (Å²) in [6, 6.07) is 32.5. The Labute approximate surface area is 535 Å². The SMILES string of the molecule is CC(C)/C=C/c1ccc(-n2cccc(C(C)C)c2=O)cc1.CC(C)/C=C/c1ccc(NC(=O)C2(C(C)C)CCCC2)nc1.CC(C)/C=C/c1ccc2c(c1)CCN2C(=O)C1(C(C)C)CCCC1.Cc1ccn(-c2ccc(/C=C/C(C)C)cc2)c(=O)c1C(C)C. The summed E-state index contributed by atoms with van der Waals surface area (Å²) < 4.78 is 3.45. The van der Waals surface area contributed by atoms with Crippen molar-refractivity contribution in [1.82, 2.24) is 14.1 Å². The summed E-state index contributed by atoms with van der Waals surface area (Å²) in [5.41, 5.74) is 11.5. The van der Waals surface area contributed by atoms with Crippen LogP contribution in [0.2, 0.25) is 0 Å².